The highest BCUT2D eigenvalue weighted by Crippen LogP contribution is 2.19. The Kier molecular flexibility index (Phi) is 4.21. The van der Waals surface area contributed by atoms with Crippen LogP contribution in [0.4, 0.5) is 0 Å². The first-order valence-electron chi connectivity index (χ1n) is 6.04. The number of allylic oxidation sites excluding steroid dienone is 1. The molecule has 1 aliphatic rings. The lowest BCUT2D eigenvalue weighted by atomic mass is 9.96. The summed E-state index contributed by atoms with van der Waals surface area (Å²) in [7, 11) is 0. The van der Waals surface area contributed by atoms with Crippen molar-refractivity contribution >= 4 is 0 Å². The predicted octanol–water partition coefficient (Wildman–Crippen LogP) is 2.62. The third-order valence-corrected chi connectivity index (χ3v) is 2.98. The fourth-order valence-corrected chi connectivity index (χ4v) is 2.03. The van der Waals surface area contributed by atoms with Gasteiger partial charge in [0.1, 0.15) is 0 Å². The lowest BCUT2D eigenvalue weighted by Gasteiger charge is -2.36. The third-order valence-electron chi connectivity index (χ3n) is 2.98. The van der Waals surface area contributed by atoms with Crippen molar-refractivity contribution in [3.63, 3.8) is 0 Å². The van der Waals surface area contributed by atoms with E-state index in [1.165, 1.54) is 31.6 Å². The second-order valence-electron chi connectivity index (χ2n) is 5.82. The molecule has 0 aromatic rings. The zero-order valence-electron chi connectivity index (χ0n) is 10.8. The van der Waals surface area contributed by atoms with E-state index in [2.05, 4.69) is 44.5 Å². The highest BCUT2D eigenvalue weighted by atomic mass is 15.1. The fraction of sp³-hybridized carbons (Fsp3) is 0.846. The van der Waals surface area contributed by atoms with E-state index < -0.39 is 0 Å². The van der Waals surface area contributed by atoms with E-state index in [4.69, 9.17) is 0 Å². The van der Waals surface area contributed by atoms with Gasteiger partial charge < -0.3 is 10.2 Å². The van der Waals surface area contributed by atoms with Gasteiger partial charge in [0, 0.05) is 30.9 Å². The van der Waals surface area contributed by atoms with Crippen LogP contribution < -0.4 is 5.32 Å². The van der Waals surface area contributed by atoms with E-state index in [0.717, 1.165) is 12.5 Å². The number of nitrogens with one attached hydrogen (secondary N) is 1. The molecule has 0 radical (unpaired) electrons. The van der Waals surface area contributed by atoms with Gasteiger partial charge in [-0.25, -0.2) is 0 Å². The number of nitrogens with zero attached hydrogens (tertiary/aromatic N) is 1. The highest BCUT2D eigenvalue weighted by molar-refractivity contribution is 4.92. The van der Waals surface area contributed by atoms with Gasteiger partial charge in [0.2, 0.25) is 0 Å². The van der Waals surface area contributed by atoms with Gasteiger partial charge in [-0.3, -0.25) is 0 Å². The van der Waals surface area contributed by atoms with Crippen molar-refractivity contribution in [3.8, 4) is 0 Å². The molecule has 88 valence electrons. The van der Waals surface area contributed by atoms with Crippen LogP contribution in [0.5, 0.6) is 0 Å². The minimum absolute atomic E-state index is 0.242. The molecule has 0 aromatic heterocycles. The summed E-state index contributed by atoms with van der Waals surface area (Å²) in [6.45, 7) is 16.3. The number of hydrogen-bond acceptors (Lipinski definition) is 2. The molecule has 15 heavy (non-hydrogen) atoms. The van der Waals surface area contributed by atoms with Crippen LogP contribution in [0.2, 0.25) is 0 Å². The first kappa shape index (κ1) is 12.6. The van der Waals surface area contributed by atoms with Gasteiger partial charge in [-0.05, 0) is 46.5 Å². The van der Waals surface area contributed by atoms with Gasteiger partial charge in [0.15, 0.2) is 0 Å². The van der Waals surface area contributed by atoms with Crippen LogP contribution in [0.1, 0.15) is 40.5 Å². The first-order chi connectivity index (χ1) is 6.88. The molecule has 2 nitrogen and oxygen atoms in total. The van der Waals surface area contributed by atoms with E-state index in [1.54, 1.807) is 0 Å². The van der Waals surface area contributed by atoms with Gasteiger partial charge in [-0.1, -0.05) is 6.58 Å². The zero-order chi connectivity index (χ0) is 11.5. The maximum atomic E-state index is 4.03. The van der Waals surface area contributed by atoms with E-state index >= 15 is 0 Å². The Balaban J connectivity index is 2.34. The average Bonchev–Trinajstić information content (AvgIpc) is 2.14. The summed E-state index contributed by atoms with van der Waals surface area (Å²) >= 11 is 0. The largest absolute Gasteiger partial charge is 0.375 e. The molecular formula is C13H26N2. The van der Waals surface area contributed by atoms with Gasteiger partial charge >= 0.3 is 0 Å². The minimum atomic E-state index is 0.242. The normalized spacial score (nSPS) is 22.9. The number of hydrogen-bond donors (Lipinski definition) is 1. The maximum Gasteiger partial charge on any atom is 0.0215 e. The number of piperidine rings is 1. The Labute approximate surface area is 94.7 Å². The highest BCUT2D eigenvalue weighted by Gasteiger charge is 2.20. The SMILES string of the molecule is C=C(C)N1CCCC(CNC(C)(C)C)C1. The van der Waals surface area contributed by atoms with Crippen LogP contribution in [0.3, 0.4) is 0 Å². The van der Waals surface area contributed by atoms with Crippen LogP contribution >= 0.6 is 0 Å². The molecule has 0 spiro atoms. The van der Waals surface area contributed by atoms with Crippen molar-refractivity contribution in [2.75, 3.05) is 19.6 Å². The Morgan fingerprint density at radius 2 is 2.13 bits per heavy atom. The first-order valence-corrected chi connectivity index (χ1v) is 6.04. The molecular weight excluding hydrogens is 184 g/mol. The summed E-state index contributed by atoms with van der Waals surface area (Å²) in [5, 5.41) is 3.59. The Hall–Kier alpha value is -0.500. The lowest BCUT2D eigenvalue weighted by molar-refractivity contribution is 0.205. The van der Waals surface area contributed by atoms with Crippen molar-refractivity contribution in [1.82, 2.24) is 10.2 Å². The predicted molar refractivity (Wildman–Crippen MR) is 66.9 cm³/mol. The van der Waals surface area contributed by atoms with Crippen LogP contribution in [-0.2, 0) is 0 Å². The van der Waals surface area contributed by atoms with E-state index in [0.29, 0.717) is 0 Å². The van der Waals surface area contributed by atoms with Gasteiger partial charge in [0.25, 0.3) is 0 Å². The number of likely N-dealkylation sites (tertiary alicyclic amines) is 1. The van der Waals surface area contributed by atoms with Crippen molar-refractivity contribution < 1.29 is 0 Å². The smallest absolute Gasteiger partial charge is 0.0215 e. The minimum Gasteiger partial charge on any atom is -0.375 e. The molecule has 1 aliphatic heterocycles. The maximum absolute atomic E-state index is 4.03. The van der Waals surface area contributed by atoms with Crippen LogP contribution in [0, 0.1) is 5.92 Å². The van der Waals surface area contributed by atoms with Crippen molar-refractivity contribution in [1.29, 1.82) is 0 Å². The topological polar surface area (TPSA) is 15.3 Å². The molecule has 1 rings (SSSR count). The molecule has 2 heteroatoms. The van der Waals surface area contributed by atoms with E-state index in [-0.39, 0.29) is 5.54 Å². The molecule has 0 bridgehead atoms. The molecule has 1 atom stereocenters. The van der Waals surface area contributed by atoms with Crippen LogP contribution in [-0.4, -0.2) is 30.1 Å². The Morgan fingerprint density at radius 1 is 1.47 bits per heavy atom. The summed E-state index contributed by atoms with van der Waals surface area (Å²) in [6, 6.07) is 0. The molecule has 1 N–H and O–H groups in total. The summed E-state index contributed by atoms with van der Waals surface area (Å²) in [4.78, 5) is 2.42. The molecule has 1 saturated heterocycles. The van der Waals surface area contributed by atoms with E-state index in [9.17, 15) is 0 Å². The standard InChI is InChI=1S/C13H26N2/c1-11(2)15-8-6-7-12(10-15)9-14-13(3,4)5/h12,14H,1,6-10H2,2-5H3. The van der Waals surface area contributed by atoms with Gasteiger partial charge in [-0.15, -0.1) is 0 Å². The van der Waals surface area contributed by atoms with Crippen molar-refractivity contribution in [3.05, 3.63) is 12.3 Å². The average molecular weight is 210 g/mol. The Morgan fingerprint density at radius 3 is 2.67 bits per heavy atom. The molecule has 0 aliphatic carbocycles. The molecule has 0 saturated carbocycles. The molecule has 1 heterocycles. The number of rotatable bonds is 3. The molecule has 1 unspecified atom stereocenters. The second kappa shape index (κ2) is 5.02. The fourth-order valence-electron chi connectivity index (χ4n) is 2.03. The van der Waals surface area contributed by atoms with Gasteiger partial charge in [-0.2, -0.15) is 0 Å². The molecule has 0 aromatic carbocycles. The quantitative estimate of drug-likeness (QED) is 0.770. The third kappa shape index (κ3) is 4.70. The van der Waals surface area contributed by atoms with Crippen molar-refractivity contribution in [2.24, 2.45) is 5.92 Å². The van der Waals surface area contributed by atoms with Crippen LogP contribution in [0.25, 0.3) is 0 Å². The zero-order valence-corrected chi connectivity index (χ0v) is 10.8. The summed E-state index contributed by atoms with van der Waals surface area (Å²) in [6.07, 6.45) is 2.66. The summed E-state index contributed by atoms with van der Waals surface area (Å²) < 4.78 is 0. The second-order valence-corrected chi connectivity index (χ2v) is 5.82. The van der Waals surface area contributed by atoms with E-state index in [1.807, 2.05) is 0 Å². The monoisotopic (exact) mass is 210 g/mol. The van der Waals surface area contributed by atoms with Crippen molar-refractivity contribution in [2.45, 2.75) is 46.1 Å². The summed E-state index contributed by atoms with van der Waals surface area (Å²) in [5.41, 5.74) is 1.46. The van der Waals surface area contributed by atoms with Crippen LogP contribution in [0.15, 0.2) is 12.3 Å². The van der Waals surface area contributed by atoms with Gasteiger partial charge in [0.05, 0.1) is 0 Å². The molecule has 1 fully saturated rings. The Bertz CT molecular complexity index is 215. The lowest BCUT2D eigenvalue weighted by Crippen LogP contribution is -2.44. The molecule has 0 amide bonds. The summed E-state index contributed by atoms with van der Waals surface area (Å²) in [5.74, 6) is 0.787.